The summed E-state index contributed by atoms with van der Waals surface area (Å²) in [6, 6.07) is 17.3. The molecule has 5 nitrogen and oxygen atoms in total. The number of nitrogens with one attached hydrogen (secondary N) is 1. The van der Waals surface area contributed by atoms with Crippen LogP contribution < -0.4 is 0 Å². The van der Waals surface area contributed by atoms with Gasteiger partial charge in [-0.25, -0.2) is 4.98 Å². The fourth-order valence-corrected chi connectivity index (χ4v) is 5.37. The third-order valence-electron chi connectivity index (χ3n) is 6.64. The third-order valence-corrected chi connectivity index (χ3v) is 7.65. The zero-order chi connectivity index (χ0) is 26.3. The van der Waals surface area contributed by atoms with Gasteiger partial charge in [0.15, 0.2) is 5.16 Å². The number of ether oxygens (including phenoxy) is 1. The lowest BCUT2D eigenvalue weighted by Crippen LogP contribution is -2.41. The topological polar surface area (TPSA) is 75.2 Å². The number of carbonyl (C=O) groups excluding carboxylic acids is 1. The highest BCUT2D eigenvalue weighted by Gasteiger charge is 2.36. The Kier molecular flexibility index (Phi) is 7.15. The molecule has 3 aromatic rings. The number of aromatic amines is 1. The van der Waals surface area contributed by atoms with Crippen molar-refractivity contribution < 1.29 is 14.6 Å². The summed E-state index contributed by atoms with van der Waals surface area (Å²) in [7, 11) is 0. The Bertz CT molecular complexity index is 1140. The normalized spacial score (nSPS) is 20.9. The molecule has 2 heterocycles. The Morgan fingerprint density at radius 2 is 1.50 bits per heavy atom. The van der Waals surface area contributed by atoms with Crippen LogP contribution in [0.4, 0.5) is 0 Å². The number of imidazole rings is 1. The molecule has 0 radical (unpaired) electrons. The molecule has 0 spiro atoms. The lowest BCUT2D eigenvalue weighted by molar-refractivity contribution is -0.165. The maximum atomic E-state index is 11.9. The number of cyclic esters (lactones) is 1. The van der Waals surface area contributed by atoms with Gasteiger partial charge in [0.25, 0.3) is 0 Å². The molecule has 192 valence electrons. The molecule has 6 heteroatoms. The molecule has 0 unspecified atom stereocenters. The van der Waals surface area contributed by atoms with E-state index in [0.717, 1.165) is 27.7 Å². The smallest absolute Gasteiger partial charge is 0.309 e. The van der Waals surface area contributed by atoms with E-state index in [2.05, 4.69) is 95.1 Å². The van der Waals surface area contributed by atoms with Gasteiger partial charge in [0, 0.05) is 23.3 Å². The Morgan fingerprint density at radius 3 is 2.00 bits per heavy atom. The van der Waals surface area contributed by atoms with Crippen LogP contribution in [-0.2, 0) is 20.4 Å². The van der Waals surface area contributed by atoms with Crippen molar-refractivity contribution in [3.63, 3.8) is 0 Å². The van der Waals surface area contributed by atoms with E-state index in [9.17, 15) is 9.90 Å². The SMILES string of the molecule is CC(C)(C)c1ccc(-c2nc(SC[C@@H]3C[C@@](C)(O)CC(=O)O3)[nH]c2-c2ccc(C(C)(C)C)cc2)cc1. The van der Waals surface area contributed by atoms with Gasteiger partial charge < -0.3 is 14.8 Å². The van der Waals surface area contributed by atoms with Crippen LogP contribution in [0.2, 0.25) is 0 Å². The molecule has 4 rings (SSSR count). The van der Waals surface area contributed by atoms with Gasteiger partial charge in [0.1, 0.15) is 6.10 Å². The number of nitrogens with zero attached hydrogens (tertiary/aromatic N) is 1. The van der Waals surface area contributed by atoms with Crippen LogP contribution in [0.15, 0.2) is 53.7 Å². The van der Waals surface area contributed by atoms with Gasteiger partial charge in [-0.3, -0.25) is 4.79 Å². The lowest BCUT2D eigenvalue weighted by Gasteiger charge is -2.32. The van der Waals surface area contributed by atoms with Crippen LogP contribution in [0, 0.1) is 0 Å². The summed E-state index contributed by atoms with van der Waals surface area (Å²) in [5.74, 6) is 0.177. The van der Waals surface area contributed by atoms with E-state index in [4.69, 9.17) is 9.72 Å². The van der Waals surface area contributed by atoms with E-state index >= 15 is 0 Å². The van der Waals surface area contributed by atoms with Crippen LogP contribution in [0.5, 0.6) is 0 Å². The van der Waals surface area contributed by atoms with Gasteiger partial charge in [-0.15, -0.1) is 0 Å². The molecule has 1 aromatic heterocycles. The number of H-pyrrole nitrogens is 1. The number of aromatic nitrogens is 2. The first-order valence-electron chi connectivity index (χ1n) is 12.6. The van der Waals surface area contributed by atoms with Gasteiger partial charge in [-0.05, 0) is 28.9 Å². The number of carbonyl (C=O) groups is 1. The summed E-state index contributed by atoms with van der Waals surface area (Å²) in [5, 5.41) is 11.1. The molecule has 2 atom stereocenters. The summed E-state index contributed by atoms with van der Waals surface area (Å²) < 4.78 is 5.48. The average Bonchev–Trinajstić information content (AvgIpc) is 3.20. The van der Waals surface area contributed by atoms with Gasteiger partial charge in [0.05, 0.1) is 23.4 Å². The van der Waals surface area contributed by atoms with Crippen molar-refractivity contribution >= 4 is 17.7 Å². The van der Waals surface area contributed by atoms with E-state index in [1.165, 1.54) is 22.9 Å². The highest BCUT2D eigenvalue weighted by Crippen LogP contribution is 2.36. The van der Waals surface area contributed by atoms with Crippen molar-refractivity contribution in [2.24, 2.45) is 0 Å². The molecule has 2 N–H and O–H groups in total. The number of esters is 1. The number of benzene rings is 2. The molecule has 0 saturated carbocycles. The Hall–Kier alpha value is -2.57. The fourth-order valence-electron chi connectivity index (χ4n) is 4.51. The molecule has 36 heavy (non-hydrogen) atoms. The lowest BCUT2D eigenvalue weighted by atomic mass is 9.86. The summed E-state index contributed by atoms with van der Waals surface area (Å²) in [5.41, 5.74) is 5.68. The second kappa shape index (κ2) is 9.71. The molecule has 0 aliphatic carbocycles. The minimum Gasteiger partial charge on any atom is -0.461 e. The van der Waals surface area contributed by atoms with Gasteiger partial charge in [-0.2, -0.15) is 0 Å². The van der Waals surface area contributed by atoms with Crippen LogP contribution in [0.3, 0.4) is 0 Å². The van der Waals surface area contributed by atoms with Crippen LogP contribution in [-0.4, -0.2) is 38.5 Å². The first-order valence-corrected chi connectivity index (χ1v) is 13.6. The monoisotopic (exact) mass is 506 g/mol. The Labute approximate surface area is 219 Å². The van der Waals surface area contributed by atoms with Crippen molar-refractivity contribution in [3.8, 4) is 22.5 Å². The summed E-state index contributed by atoms with van der Waals surface area (Å²) in [4.78, 5) is 20.4. The molecule has 2 aromatic carbocycles. The van der Waals surface area contributed by atoms with Gasteiger partial charge >= 0.3 is 5.97 Å². The number of hydrogen-bond acceptors (Lipinski definition) is 5. The van der Waals surface area contributed by atoms with Crippen molar-refractivity contribution in [3.05, 3.63) is 59.7 Å². The van der Waals surface area contributed by atoms with E-state index in [1.54, 1.807) is 6.92 Å². The Balaban J connectivity index is 1.65. The van der Waals surface area contributed by atoms with E-state index < -0.39 is 5.60 Å². The third kappa shape index (κ3) is 6.22. The second-order valence-electron chi connectivity index (χ2n) is 12.2. The van der Waals surface area contributed by atoms with Crippen LogP contribution in [0.1, 0.15) is 72.4 Å². The predicted molar refractivity (Wildman–Crippen MR) is 147 cm³/mol. The van der Waals surface area contributed by atoms with Crippen LogP contribution in [0.25, 0.3) is 22.5 Å². The second-order valence-corrected chi connectivity index (χ2v) is 13.2. The summed E-state index contributed by atoms with van der Waals surface area (Å²) >= 11 is 1.51. The highest BCUT2D eigenvalue weighted by molar-refractivity contribution is 7.99. The predicted octanol–water partition coefficient (Wildman–Crippen LogP) is 6.89. The zero-order valence-electron chi connectivity index (χ0n) is 22.4. The standard InChI is InChI=1S/C30H38N2O3S/c1-28(2,3)21-12-8-19(9-13-21)25-26(20-10-14-22(15-11-20)29(4,5)6)32-27(31-25)36-18-23-16-30(7,34)17-24(33)35-23/h8-15,23,34H,16-18H2,1-7H3,(H,31,32)/t23-,30+/m0/s1. The molecule has 0 amide bonds. The van der Waals surface area contributed by atoms with Crippen molar-refractivity contribution in [1.29, 1.82) is 0 Å². The minimum absolute atomic E-state index is 0.0400. The maximum Gasteiger partial charge on any atom is 0.309 e. The molecule has 1 aliphatic heterocycles. The molecule has 0 bridgehead atoms. The number of rotatable bonds is 5. The number of hydrogen-bond donors (Lipinski definition) is 2. The molecular formula is C30H38N2O3S. The number of aliphatic hydroxyl groups is 1. The van der Waals surface area contributed by atoms with E-state index in [0.29, 0.717) is 12.2 Å². The average molecular weight is 507 g/mol. The largest absolute Gasteiger partial charge is 0.461 e. The van der Waals surface area contributed by atoms with Crippen molar-refractivity contribution in [2.45, 2.75) is 89.0 Å². The van der Waals surface area contributed by atoms with Gasteiger partial charge in [0.2, 0.25) is 0 Å². The quantitative estimate of drug-likeness (QED) is 0.291. The molecule has 1 saturated heterocycles. The summed E-state index contributed by atoms with van der Waals surface area (Å²) in [6.45, 7) is 15.0. The zero-order valence-corrected chi connectivity index (χ0v) is 23.3. The Morgan fingerprint density at radius 1 is 0.972 bits per heavy atom. The van der Waals surface area contributed by atoms with E-state index in [1.807, 2.05) is 0 Å². The minimum atomic E-state index is -1.02. The molecule has 1 aliphatic rings. The highest BCUT2D eigenvalue weighted by atomic mass is 32.2. The van der Waals surface area contributed by atoms with Crippen LogP contribution >= 0.6 is 11.8 Å². The maximum absolute atomic E-state index is 11.9. The first-order chi connectivity index (χ1) is 16.7. The fraction of sp³-hybridized carbons (Fsp3) is 0.467. The van der Waals surface area contributed by atoms with Gasteiger partial charge in [-0.1, -0.05) is 102 Å². The molecular weight excluding hydrogens is 468 g/mol. The first kappa shape index (κ1) is 26.5. The van der Waals surface area contributed by atoms with Crippen molar-refractivity contribution in [1.82, 2.24) is 9.97 Å². The van der Waals surface area contributed by atoms with E-state index in [-0.39, 0.29) is 29.3 Å². The summed E-state index contributed by atoms with van der Waals surface area (Å²) in [6.07, 6.45) is 0.118. The molecule has 1 fully saturated rings. The number of thioether (sulfide) groups is 1. The van der Waals surface area contributed by atoms with Crippen molar-refractivity contribution in [2.75, 3.05) is 5.75 Å².